The summed E-state index contributed by atoms with van der Waals surface area (Å²) in [6.07, 6.45) is 1.05. The molecule has 1 unspecified atom stereocenters. The Balaban J connectivity index is 2.44. The number of nitrogens with zero attached hydrogens (tertiary/aromatic N) is 1. The monoisotopic (exact) mass is 214 g/mol. The fourth-order valence-corrected chi connectivity index (χ4v) is 2.53. The Morgan fingerprint density at radius 3 is 3.00 bits per heavy atom. The Morgan fingerprint density at radius 1 is 1.38 bits per heavy atom. The van der Waals surface area contributed by atoms with E-state index in [1.807, 2.05) is 6.07 Å². The molecule has 0 aliphatic carbocycles. The average molecular weight is 214 g/mol. The molecular formula is C13H16N3+. The number of hydrogen-bond donors (Lipinski definition) is 2. The Kier molecular flexibility index (Phi) is 1.91. The molecule has 0 saturated carbocycles. The molecule has 3 heteroatoms. The Hall–Kier alpha value is -1.61. The standard InChI is InChI=1S/C13H15N3/c1-8-4-3-5-9-11(14)10-6-7-16(2)13(10)15-12(8)9/h3-5H,6-7H2,1-2H3,(H2,14,15)/p+1. The number of aromatic nitrogens is 1. The molecule has 0 radical (unpaired) electrons. The largest absolute Gasteiger partial charge is 0.398 e. The van der Waals surface area contributed by atoms with Gasteiger partial charge in [0.1, 0.15) is 0 Å². The number of nitrogens with one attached hydrogen (secondary N) is 1. The lowest BCUT2D eigenvalue weighted by molar-refractivity contribution is -0.805. The number of likely N-dealkylation sites (N-methyl/N-ethyl adjacent to an activating group) is 1. The molecule has 0 amide bonds. The number of pyridine rings is 1. The maximum Gasteiger partial charge on any atom is 0.231 e. The molecule has 1 aromatic heterocycles. The summed E-state index contributed by atoms with van der Waals surface area (Å²) in [4.78, 5) is 6.15. The molecule has 0 saturated heterocycles. The van der Waals surface area contributed by atoms with Crippen LogP contribution in [0.3, 0.4) is 0 Å². The number of nitrogens with two attached hydrogens (primary N) is 1. The summed E-state index contributed by atoms with van der Waals surface area (Å²) in [5.41, 5.74) is 10.7. The van der Waals surface area contributed by atoms with Crippen molar-refractivity contribution in [2.24, 2.45) is 0 Å². The van der Waals surface area contributed by atoms with Gasteiger partial charge in [0.05, 0.1) is 30.4 Å². The SMILES string of the molecule is Cc1cccc2c(N)c3c(nc12)[NH+](C)CC3. The van der Waals surface area contributed by atoms with Crippen LogP contribution in [0.5, 0.6) is 0 Å². The van der Waals surface area contributed by atoms with Gasteiger partial charge in [0.15, 0.2) is 0 Å². The fourth-order valence-electron chi connectivity index (χ4n) is 2.53. The minimum atomic E-state index is 0.931. The van der Waals surface area contributed by atoms with E-state index in [1.54, 1.807) is 0 Å². The molecule has 82 valence electrons. The van der Waals surface area contributed by atoms with Crippen LogP contribution in [-0.2, 0) is 6.42 Å². The Bertz CT molecular complexity index is 575. The van der Waals surface area contributed by atoms with E-state index >= 15 is 0 Å². The predicted molar refractivity (Wildman–Crippen MR) is 66.0 cm³/mol. The number of nitrogen functional groups attached to an aromatic ring is 1. The van der Waals surface area contributed by atoms with Gasteiger partial charge in [-0.15, -0.1) is 0 Å². The summed E-state index contributed by atoms with van der Waals surface area (Å²) in [7, 11) is 2.16. The van der Waals surface area contributed by atoms with Crippen LogP contribution in [0.2, 0.25) is 0 Å². The van der Waals surface area contributed by atoms with E-state index in [0.717, 1.165) is 35.4 Å². The lowest BCUT2D eigenvalue weighted by Crippen LogP contribution is -3.02. The molecule has 1 aromatic carbocycles. The second-order valence-electron chi connectivity index (χ2n) is 4.60. The van der Waals surface area contributed by atoms with Crippen molar-refractivity contribution in [3.8, 4) is 0 Å². The van der Waals surface area contributed by atoms with E-state index in [0.29, 0.717) is 0 Å². The number of anilines is 1. The number of aryl methyl sites for hydroxylation is 1. The topological polar surface area (TPSA) is 43.3 Å². The summed E-state index contributed by atoms with van der Waals surface area (Å²) in [6, 6.07) is 6.21. The molecule has 16 heavy (non-hydrogen) atoms. The zero-order valence-electron chi connectivity index (χ0n) is 9.67. The molecule has 1 atom stereocenters. The van der Waals surface area contributed by atoms with E-state index in [4.69, 9.17) is 10.7 Å². The van der Waals surface area contributed by atoms with Crippen LogP contribution in [0.1, 0.15) is 11.1 Å². The van der Waals surface area contributed by atoms with Gasteiger partial charge in [-0.05, 0) is 12.5 Å². The number of benzene rings is 1. The molecule has 1 aliphatic heterocycles. The number of fused-ring (bicyclic) bond motifs is 2. The maximum absolute atomic E-state index is 6.25. The normalized spacial score (nSPS) is 19.0. The van der Waals surface area contributed by atoms with Crippen molar-refractivity contribution in [1.29, 1.82) is 0 Å². The molecule has 0 bridgehead atoms. The van der Waals surface area contributed by atoms with E-state index in [-0.39, 0.29) is 0 Å². The molecular weight excluding hydrogens is 198 g/mol. The summed E-state index contributed by atoms with van der Waals surface area (Å²) in [5.74, 6) is 1.14. The number of rotatable bonds is 0. The van der Waals surface area contributed by atoms with Crippen LogP contribution in [-0.4, -0.2) is 18.6 Å². The van der Waals surface area contributed by atoms with Crippen molar-refractivity contribution >= 4 is 22.4 Å². The van der Waals surface area contributed by atoms with Crippen molar-refractivity contribution < 1.29 is 4.90 Å². The molecule has 3 N–H and O–H groups in total. The van der Waals surface area contributed by atoms with Gasteiger partial charge in [0.2, 0.25) is 5.82 Å². The van der Waals surface area contributed by atoms with Gasteiger partial charge >= 0.3 is 0 Å². The van der Waals surface area contributed by atoms with Gasteiger partial charge in [-0.3, -0.25) is 4.90 Å². The van der Waals surface area contributed by atoms with E-state index < -0.39 is 0 Å². The minimum absolute atomic E-state index is 0.931. The molecule has 0 fully saturated rings. The molecule has 3 rings (SSSR count). The van der Waals surface area contributed by atoms with Gasteiger partial charge in [0, 0.05) is 11.8 Å². The Morgan fingerprint density at radius 2 is 2.19 bits per heavy atom. The van der Waals surface area contributed by atoms with Crippen LogP contribution in [0.15, 0.2) is 18.2 Å². The van der Waals surface area contributed by atoms with Gasteiger partial charge in [0.25, 0.3) is 0 Å². The second kappa shape index (κ2) is 3.19. The van der Waals surface area contributed by atoms with Crippen molar-refractivity contribution in [3.05, 3.63) is 29.3 Å². The smallest absolute Gasteiger partial charge is 0.231 e. The van der Waals surface area contributed by atoms with Crippen molar-refractivity contribution in [1.82, 2.24) is 4.98 Å². The first-order chi connectivity index (χ1) is 7.68. The maximum atomic E-state index is 6.25. The zero-order chi connectivity index (χ0) is 11.3. The molecule has 0 spiro atoms. The van der Waals surface area contributed by atoms with E-state index in [9.17, 15) is 0 Å². The highest BCUT2D eigenvalue weighted by Gasteiger charge is 2.26. The summed E-state index contributed by atoms with van der Waals surface area (Å²) in [6.45, 7) is 3.19. The molecule has 3 nitrogen and oxygen atoms in total. The van der Waals surface area contributed by atoms with Crippen LogP contribution >= 0.6 is 0 Å². The first-order valence-corrected chi connectivity index (χ1v) is 5.69. The van der Waals surface area contributed by atoms with E-state index in [1.165, 1.54) is 16.0 Å². The fraction of sp³-hybridized carbons (Fsp3) is 0.308. The predicted octanol–water partition coefficient (Wildman–Crippen LogP) is 0.828. The highest BCUT2D eigenvalue weighted by Crippen LogP contribution is 2.30. The summed E-state index contributed by atoms with van der Waals surface area (Å²) in [5, 5.41) is 1.11. The minimum Gasteiger partial charge on any atom is -0.398 e. The molecule has 2 heterocycles. The first kappa shape index (κ1) is 9.60. The first-order valence-electron chi connectivity index (χ1n) is 5.69. The lowest BCUT2D eigenvalue weighted by atomic mass is 10.1. The third kappa shape index (κ3) is 1.15. The molecule has 2 aromatic rings. The van der Waals surface area contributed by atoms with E-state index in [2.05, 4.69) is 26.1 Å². The van der Waals surface area contributed by atoms with Crippen LogP contribution in [0, 0.1) is 6.92 Å². The van der Waals surface area contributed by atoms with Crippen molar-refractivity contribution in [3.63, 3.8) is 0 Å². The number of hydrogen-bond acceptors (Lipinski definition) is 2. The summed E-state index contributed by atoms with van der Waals surface area (Å²) < 4.78 is 0. The Labute approximate surface area is 94.9 Å². The number of para-hydroxylation sites is 1. The van der Waals surface area contributed by atoms with Gasteiger partial charge in [-0.1, -0.05) is 18.2 Å². The zero-order valence-corrected chi connectivity index (χ0v) is 9.67. The van der Waals surface area contributed by atoms with Gasteiger partial charge in [-0.2, -0.15) is 4.98 Å². The molecule has 1 aliphatic rings. The van der Waals surface area contributed by atoms with Crippen LogP contribution < -0.4 is 10.6 Å². The van der Waals surface area contributed by atoms with Crippen LogP contribution in [0.25, 0.3) is 10.9 Å². The second-order valence-corrected chi connectivity index (χ2v) is 4.60. The highest BCUT2D eigenvalue weighted by molar-refractivity contribution is 5.95. The van der Waals surface area contributed by atoms with Crippen molar-refractivity contribution in [2.45, 2.75) is 13.3 Å². The number of quaternary nitrogens is 1. The lowest BCUT2D eigenvalue weighted by Gasteiger charge is -2.09. The van der Waals surface area contributed by atoms with Gasteiger partial charge < -0.3 is 5.73 Å². The summed E-state index contributed by atoms with van der Waals surface area (Å²) >= 11 is 0. The quantitative estimate of drug-likeness (QED) is 0.682. The third-order valence-corrected chi connectivity index (χ3v) is 3.52. The van der Waals surface area contributed by atoms with Crippen molar-refractivity contribution in [2.75, 3.05) is 19.3 Å². The third-order valence-electron chi connectivity index (χ3n) is 3.52. The van der Waals surface area contributed by atoms with Gasteiger partial charge in [-0.25, -0.2) is 0 Å². The average Bonchev–Trinajstić information content (AvgIpc) is 2.63. The highest BCUT2D eigenvalue weighted by atomic mass is 15.2. The van der Waals surface area contributed by atoms with Crippen LogP contribution in [0.4, 0.5) is 11.5 Å².